The highest BCUT2D eigenvalue weighted by molar-refractivity contribution is 8.00. The van der Waals surface area contributed by atoms with E-state index in [0.29, 0.717) is 11.3 Å². The number of benzene rings is 1. The number of hydrogen-bond donors (Lipinski definition) is 0. The molecule has 2 aliphatic heterocycles. The highest BCUT2D eigenvalue weighted by Gasteiger charge is 2.53. The highest BCUT2D eigenvalue weighted by atomic mass is 35.5. The molecule has 1 saturated heterocycles. The monoisotopic (exact) mass is 460 g/mol. The van der Waals surface area contributed by atoms with Crippen molar-refractivity contribution in [3.05, 3.63) is 50.7 Å². The molecule has 156 valence electrons. The lowest BCUT2D eigenvalue weighted by Gasteiger charge is -2.47. The lowest BCUT2D eigenvalue weighted by Crippen LogP contribution is -2.64. The predicted octanol–water partition coefficient (Wildman–Crippen LogP) is 2.38. The number of rotatable bonds is 6. The number of nitro groups is 1. The maximum atomic E-state index is 12.5. The van der Waals surface area contributed by atoms with Crippen LogP contribution < -0.4 is 0 Å². The highest BCUT2D eigenvalue weighted by Crippen LogP contribution is 2.42. The van der Waals surface area contributed by atoms with Crippen LogP contribution in [0.2, 0.25) is 0 Å². The Morgan fingerprint density at radius 1 is 1.45 bits per heavy atom. The summed E-state index contributed by atoms with van der Waals surface area (Å²) in [6.45, 7) is -0.0907. The Morgan fingerprint density at radius 3 is 2.69 bits per heavy atom. The molecular formula is C17H18Cl2N4O5S. The average Bonchev–Trinajstić information content (AvgIpc) is 2.66. The molecule has 0 spiro atoms. The van der Waals surface area contributed by atoms with Gasteiger partial charge in [-0.15, -0.1) is 24.2 Å². The van der Waals surface area contributed by atoms with Gasteiger partial charge in [0.05, 0.1) is 16.3 Å². The molecule has 2 atom stereocenters. The summed E-state index contributed by atoms with van der Waals surface area (Å²) in [6, 6.07) is 5.10. The first-order valence-corrected chi connectivity index (χ1v) is 9.65. The Bertz CT molecular complexity index is 875. The minimum atomic E-state index is -0.711. The Labute approximate surface area is 182 Å². The summed E-state index contributed by atoms with van der Waals surface area (Å²) in [4.78, 5) is 42.5. The number of ether oxygens (including phenoxy) is 1. The topological polar surface area (TPSA) is 105 Å². The molecular weight excluding hydrogens is 443 g/mol. The first kappa shape index (κ1) is 23.0. The SMILES string of the molecule is CN(C)/C=N/[C@@H]1C(=O)N2C(C(=O)OCc3ccc([N+](=O)[O-])cc3)=C(Cl)CS[C@H]12.Cl. The van der Waals surface area contributed by atoms with Gasteiger partial charge in [0, 0.05) is 32.0 Å². The van der Waals surface area contributed by atoms with Crippen molar-refractivity contribution in [3.8, 4) is 0 Å². The number of aliphatic imine (C=N–C) groups is 1. The summed E-state index contributed by atoms with van der Waals surface area (Å²) < 4.78 is 5.27. The second kappa shape index (κ2) is 9.47. The molecule has 12 heteroatoms. The van der Waals surface area contributed by atoms with E-state index in [2.05, 4.69) is 4.99 Å². The number of thioether (sulfide) groups is 1. The fraction of sp³-hybridized carbons (Fsp3) is 0.353. The average molecular weight is 461 g/mol. The number of non-ortho nitro benzene ring substituents is 1. The third-order valence-electron chi connectivity index (χ3n) is 4.06. The molecule has 2 heterocycles. The van der Waals surface area contributed by atoms with Crippen molar-refractivity contribution in [1.29, 1.82) is 0 Å². The van der Waals surface area contributed by atoms with Gasteiger partial charge < -0.3 is 9.64 Å². The predicted molar refractivity (Wildman–Crippen MR) is 112 cm³/mol. The molecule has 0 saturated carbocycles. The number of halogens is 2. The van der Waals surface area contributed by atoms with Crippen LogP contribution in [0.25, 0.3) is 0 Å². The molecule has 0 radical (unpaired) electrons. The molecule has 0 unspecified atom stereocenters. The van der Waals surface area contributed by atoms with Gasteiger partial charge in [-0.25, -0.2) is 4.79 Å². The zero-order chi connectivity index (χ0) is 20.4. The van der Waals surface area contributed by atoms with Crippen LogP contribution in [0.15, 0.2) is 40.0 Å². The number of nitro benzene ring substituents is 1. The molecule has 3 rings (SSSR count). The number of carbonyl (C=O) groups excluding carboxylic acids is 2. The quantitative estimate of drug-likeness (QED) is 0.160. The third-order valence-corrected chi connectivity index (χ3v) is 5.80. The molecule has 29 heavy (non-hydrogen) atoms. The van der Waals surface area contributed by atoms with E-state index in [1.807, 2.05) is 0 Å². The largest absolute Gasteiger partial charge is 0.456 e. The summed E-state index contributed by atoms with van der Waals surface area (Å²) in [5.74, 6) is -0.640. The third kappa shape index (κ3) is 4.82. The molecule has 9 nitrogen and oxygen atoms in total. The van der Waals surface area contributed by atoms with Gasteiger partial charge in [0.25, 0.3) is 11.6 Å². The molecule has 0 aromatic heterocycles. The molecule has 1 aromatic rings. The van der Waals surface area contributed by atoms with Crippen LogP contribution in [0.4, 0.5) is 5.69 Å². The summed E-state index contributed by atoms with van der Waals surface area (Å²) in [6.07, 6.45) is 1.56. The number of β-lactam (4-membered cyclic amide) rings is 1. The number of amides is 1. The van der Waals surface area contributed by atoms with E-state index in [9.17, 15) is 19.7 Å². The van der Waals surface area contributed by atoms with Crippen molar-refractivity contribution in [2.45, 2.75) is 18.0 Å². The molecule has 1 fully saturated rings. The van der Waals surface area contributed by atoms with E-state index >= 15 is 0 Å². The molecule has 0 bridgehead atoms. The summed E-state index contributed by atoms with van der Waals surface area (Å²) in [5, 5.41) is 10.6. The van der Waals surface area contributed by atoms with Crippen molar-refractivity contribution in [3.63, 3.8) is 0 Å². The smallest absolute Gasteiger partial charge is 0.356 e. The van der Waals surface area contributed by atoms with Gasteiger partial charge in [0.15, 0.2) is 6.04 Å². The van der Waals surface area contributed by atoms with Gasteiger partial charge in [-0.3, -0.25) is 24.8 Å². The van der Waals surface area contributed by atoms with Crippen molar-refractivity contribution >= 4 is 59.7 Å². The summed E-state index contributed by atoms with van der Waals surface area (Å²) >= 11 is 7.63. The number of esters is 1. The fourth-order valence-corrected chi connectivity index (χ4v) is 4.23. The zero-order valence-corrected chi connectivity index (χ0v) is 17.9. The van der Waals surface area contributed by atoms with E-state index in [0.717, 1.165) is 0 Å². The lowest BCUT2D eigenvalue weighted by molar-refractivity contribution is -0.384. The maximum Gasteiger partial charge on any atom is 0.356 e. The maximum absolute atomic E-state index is 12.5. The van der Waals surface area contributed by atoms with Crippen LogP contribution in [0.3, 0.4) is 0 Å². The van der Waals surface area contributed by atoms with Crippen molar-refractivity contribution in [2.24, 2.45) is 4.99 Å². The number of fused-ring (bicyclic) bond motifs is 1. The Balaban J connectivity index is 0.00000300. The standard InChI is InChI=1S/C17H17ClN4O5S.ClH/c1-20(2)9-19-13-15(23)21-14(12(18)8-28-16(13)21)17(24)27-7-10-3-5-11(6-4-10)22(25)26;/h3-6,9,13,16H,7-8H2,1-2H3;1H/b19-9+;/t13-,16-;/m1./s1. The van der Waals surface area contributed by atoms with Crippen molar-refractivity contribution in [2.75, 3.05) is 19.8 Å². The second-order valence-corrected chi connectivity index (χ2v) is 7.90. The minimum Gasteiger partial charge on any atom is -0.456 e. The first-order chi connectivity index (χ1) is 13.3. The Kier molecular flexibility index (Phi) is 7.50. The fourth-order valence-electron chi connectivity index (χ4n) is 2.69. The van der Waals surface area contributed by atoms with Crippen molar-refractivity contribution in [1.82, 2.24) is 9.80 Å². The number of carbonyl (C=O) groups is 2. The number of hydrogen-bond acceptors (Lipinski definition) is 7. The summed E-state index contributed by atoms with van der Waals surface area (Å²) in [5.41, 5.74) is 0.568. The Morgan fingerprint density at radius 2 is 2.10 bits per heavy atom. The molecule has 0 N–H and O–H groups in total. The van der Waals surface area contributed by atoms with Crippen LogP contribution in [-0.4, -0.2) is 64.2 Å². The Hall–Kier alpha value is -2.30. The second-order valence-electron chi connectivity index (χ2n) is 6.34. The van der Waals surface area contributed by atoms with Crippen LogP contribution >= 0.6 is 35.8 Å². The van der Waals surface area contributed by atoms with E-state index < -0.39 is 16.9 Å². The molecule has 1 aromatic carbocycles. The van der Waals surface area contributed by atoms with Gasteiger partial charge in [-0.2, -0.15) is 0 Å². The van der Waals surface area contributed by atoms with Gasteiger partial charge in [0.2, 0.25) is 0 Å². The van der Waals surface area contributed by atoms with Crippen LogP contribution in [-0.2, 0) is 20.9 Å². The van der Waals surface area contributed by atoms with E-state index in [1.54, 1.807) is 25.3 Å². The van der Waals surface area contributed by atoms with Gasteiger partial charge in [-0.1, -0.05) is 11.6 Å². The van der Waals surface area contributed by atoms with Gasteiger partial charge in [0.1, 0.15) is 17.7 Å². The molecule has 0 aliphatic carbocycles. The first-order valence-electron chi connectivity index (χ1n) is 8.23. The molecule has 1 amide bonds. The van der Waals surface area contributed by atoms with Crippen molar-refractivity contribution < 1.29 is 19.2 Å². The van der Waals surface area contributed by atoms with E-state index in [4.69, 9.17) is 16.3 Å². The van der Waals surface area contributed by atoms with E-state index in [-0.39, 0.29) is 46.7 Å². The van der Waals surface area contributed by atoms with E-state index in [1.165, 1.54) is 40.9 Å². The summed E-state index contributed by atoms with van der Waals surface area (Å²) in [7, 11) is 3.60. The lowest BCUT2D eigenvalue weighted by atomic mass is 10.1. The van der Waals surface area contributed by atoms with Crippen LogP contribution in [0.5, 0.6) is 0 Å². The molecule has 2 aliphatic rings. The minimum absolute atomic E-state index is 0. The van der Waals surface area contributed by atoms with Gasteiger partial charge >= 0.3 is 5.97 Å². The number of nitrogens with zero attached hydrogens (tertiary/aromatic N) is 4. The normalized spacial score (nSPS) is 20.7. The van der Waals surface area contributed by atoms with Gasteiger partial charge in [-0.05, 0) is 17.7 Å². The van der Waals surface area contributed by atoms with Crippen LogP contribution in [0, 0.1) is 10.1 Å². The van der Waals surface area contributed by atoms with Crippen LogP contribution in [0.1, 0.15) is 5.56 Å². The zero-order valence-electron chi connectivity index (χ0n) is 15.5.